The number of carbonyl (C=O) groups is 1. The van der Waals surface area contributed by atoms with E-state index in [2.05, 4.69) is 23.7 Å². The third-order valence-electron chi connectivity index (χ3n) is 5.87. The topological polar surface area (TPSA) is 46.8 Å². The van der Waals surface area contributed by atoms with Crippen molar-refractivity contribution < 1.29 is 22.7 Å². The minimum Gasteiger partial charge on any atom is -0.491 e. The summed E-state index contributed by atoms with van der Waals surface area (Å²) in [7, 11) is 1.99. The number of alkyl halides is 3. The molecule has 1 aromatic heterocycles. The lowest BCUT2D eigenvalue weighted by atomic mass is 10.1. The van der Waals surface area contributed by atoms with Gasteiger partial charge in [-0.25, -0.2) is 0 Å². The molecule has 1 aliphatic rings. The highest BCUT2D eigenvalue weighted by Crippen LogP contribution is 2.33. The monoisotopic (exact) mass is 497 g/mol. The lowest BCUT2D eigenvalue weighted by Crippen LogP contribution is -2.30. The maximum Gasteiger partial charge on any atom is 0.416 e. The maximum atomic E-state index is 13.4. The summed E-state index contributed by atoms with van der Waals surface area (Å²) >= 11 is 1.34. The van der Waals surface area contributed by atoms with Crippen molar-refractivity contribution >= 4 is 17.4 Å². The molecule has 0 bridgehead atoms. The van der Waals surface area contributed by atoms with E-state index in [9.17, 15) is 18.0 Å². The number of aromatic nitrogens is 1. The quantitative estimate of drug-likeness (QED) is 0.512. The highest BCUT2D eigenvalue weighted by atomic mass is 32.1. The third kappa shape index (κ3) is 6.50. The van der Waals surface area contributed by atoms with Gasteiger partial charge in [0.05, 0.1) is 11.1 Å². The maximum absolute atomic E-state index is 13.4. The first-order chi connectivity index (χ1) is 15.8. The summed E-state index contributed by atoms with van der Waals surface area (Å²) in [6, 6.07) is 3.21. The first kappa shape index (κ1) is 26.5. The van der Waals surface area contributed by atoms with Crippen molar-refractivity contribution in [1.82, 2.24) is 8.86 Å². The largest absolute Gasteiger partial charge is 0.491 e. The predicted molar refractivity (Wildman–Crippen MR) is 128 cm³/mol. The fraction of sp³-hybridized carbons (Fsp3) is 0.600. The molecule has 0 N–H and O–H groups in total. The van der Waals surface area contributed by atoms with Gasteiger partial charge in [0, 0.05) is 23.3 Å². The van der Waals surface area contributed by atoms with Gasteiger partial charge in [0.15, 0.2) is 0 Å². The Bertz CT molecular complexity index is 1080. The molecule has 1 saturated heterocycles. The van der Waals surface area contributed by atoms with Crippen LogP contribution in [0, 0.1) is 5.92 Å². The van der Waals surface area contributed by atoms with Crippen LogP contribution in [0.25, 0.3) is 0 Å². The Labute approximate surface area is 203 Å². The summed E-state index contributed by atoms with van der Waals surface area (Å²) in [5.74, 6) is -0.260. The van der Waals surface area contributed by atoms with Crippen molar-refractivity contribution in [3.8, 4) is 5.75 Å². The van der Waals surface area contributed by atoms with Crippen molar-refractivity contribution in [2.75, 3.05) is 20.2 Å². The number of carbonyl (C=O) groups excluding carboxylic acids is 1. The zero-order chi connectivity index (χ0) is 25.3. The van der Waals surface area contributed by atoms with Gasteiger partial charge in [-0.3, -0.25) is 8.75 Å². The van der Waals surface area contributed by atoms with Crippen LogP contribution >= 0.6 is 11.5 Å². The zero-order valence-electron chi connectivity index (χ0n) is 20.7. The summed E-state index contributed by atoms with van der Waals surface area (Å²) < 4.78 is 48.7. The van der Waals surface area contributed by atoms with Crippen molar-refractivity contribution in [2.24, 2.45) is 10.9 Å². The molecule has 188 valence electrons. The van der Waals surface area contributed by atoms with E-state index >= 15 is 0 Å². The molecule has 0 unspecified atom stereocenters. The molecule has 9 heteroatoms. The molecule has 0 spiro atoms. The second-order valence-electron chi connectivity index (χ2n) is 10.4. The van der Waals surface area contributed by atoms with E-state index < -0.39 is 17.6 Å². The van der Waals surface area contributed by atoms with Crippen molar-refractivity contribution in [3.63, 3.8) is 0 Å². The minimum atomic E-state index is -4.57. The summed E-state index contributed by atoms with van der Waals surface area (Å²) in [6.07, 6.45) is 0.122. The number of rotatable bonds is 6. The van der Waals surface area contributed by atoms with Gasteiger partial charge in [-0.2, -0.15) is 18.2 Å². The number of likely N-dealkylation sites (tertiary alicyclic amines) is 1. The minimum absolute atomic E-state index is 0.132. The number of benzene rings is 1. The van der Waals surface area contributed by atoms with Crippen molar-refractivity contribution in [2.45, 2.75) is 71.6 Å². The SMILES string of the molecule is CC(C)Cc1cn(C(C)(C)C)sc1=NC(=O)c1cc(C(F)(F)F)ccc1OC[C@@H]1CCCN1C. The summed E-state index contributed by atoms with van der Waals surface area (Å²) in [4.78, 5) is 19.7. The normalized spacial score (nSPS) is 18.2. The number of hydrogen-bond donors (Lipinski definition) is 0. The van der Waals surface area contributed by atoms with Crippen LogP contribution in [0.3, 0.4) is 0 Å². The van der Waals surface area contributed by atoms with Gasteiger partial charge in [0.25, 0.3) is 5.91 Å². The molecule has 0 saturated carbocycles. The van der Waals surface area contributed by atoms with Crippen LogP contribution in [0.1, 0.15) is 68.9 Å². The van der Waals surface area contributed by atoms with Gasteiger partial charge in [0.1, 0.15) is 17.0 Å². The van der Waals surface area contributed by atoms with E-state index in [4.69, 9.17) is 4.74 Å². The Balaban J connectivity index is 2.02. The molecule has 0 radical (unpaired) electrons. The Morgan fingerprint density at radius 1 is 1.26 bits per heavy atom. The average Bonchev–Trinajstić information content (AvgIpc) is 3.31. The van der Waals surface area contributed by atoms with Crippen LogP contribution in [0.4, 0.5) is 13.2 Å². The first-order valence-electron chi connectivity index (χ1n) is 11.6. The van der Waals surface area contributed by atoms with Crippen LogP contribution < -0.4 is 9.41 Å². The molecular weight excluding hydrogens is 463 g/mol. The van der Waals surface area contributed by atoms with Gasteiger partial charge in [0.2, 0.25) is 0 Å². The molecule has 2 heterocycles. The number of halogens is 3. The molecule has 1 aromatic carbocycles. The number of likely N-dealkylation sites (N-methyl/N-ethyl adjacent to an activating group) is 1. The predicted octanol–water partition coefficient (Wildman–Crippen LogP) is 5.74. The van der Waals surface area contributed by atoms with E-state index in [-0.39, 0.29) is 22.9 Å². The first-order valence-corrected chi connectivity index (χ1v) is 12.4. The van der Waals surface area contributed by atoms with Gasteiger partial charge < -0.3 is 9.64 Å². The standard InChI is InChI=1S/C25H34F3N3O2S/c1-16(2)12-17-14-31(24(3,4)5)34-23(17)29-22(32)20-13-18(25(26,27)28)9-10-21(20)33-15-19-8-7-11-30(19)6/h9-10,13-14,16,19H,7-8,11-12,15H2,1-6H3/t19-/m0/s1. The summed E-state index contributed by atoms with van der Waals surface area (Å²) in [5, 5.41) is 0. The molecular formula is C25H34F3N3O2S. The van der Waals surface area contributed by atoms with Crippen LogP contribution in [0.2, 0.25) is 0 Å². The van der Waals surface area contributed by atoms with E-state index in [0.717, 1.165) is 37.1 Å². The Hall–Kier alpha value is -2.13. The molecule has 1 fully saturated rings. The van der Waals surface area contributed by atoms with E-state index in [0.29, 0.717) is 23.6 Å². The lowest BCUT2D eigenvalue weighted by molar-refractivity contribution is -0.137. The second kappa shape index (κ2) is 10.2. The summed E-state index contributed by atoms with van der Waals surface area (Å²) in [6.45, 7) is 11.6. The Kier molecular flexibility index (Phi) is 7.97. The molecule has 1 atom stereocenters. The van der Waals surface area contributed by atoms with Crippen LogP contribution in [-0.2, 0) is 18.1 Å². The second-order valence-corrected chi connectivity index (χ2v) is 11.3. The highest BCUT2D eigenvalue weighted by Gasteiger charge is 2.32. The Morgan fingerprint density at radius 2 is 1.97 bits per heavy atom. The molecule has 1 amide bonds. The van der Waals surface area contributed by atoms with Crippen molar-refractivity contribution in [3.05, 3.63) is 45.8 Å². The van der Waals surface area contributed by atoms with Crippen molar-refractivity contribution in [1.29, 1.82) is 0 Å². The lowest BCUT2D eigenvalue weighted by Gasteiger charge is -2.20. The van der Waals surface area contributed by atoms with Gasteiger partial charge in [-0.05, 0) is 89.3 Å². The fourth-order valence-corrected chi connectivity index (χ4v) is 4.92. The number of nitrogens with zero attached hydrogens (tertiary/aromatic N) is 3. The molecule has 5 nitrogen and oxygen atoms in total. The molecule has 2 aromatic rings. The van der Waals surface area contributed by atoms with E-state index in [1.165, 1.54) is 17.6 Å². The summed E-state index contributed by atoms with van der Waals surface area (Å²) in [5.41, 5.74) is -0.355. The van der Waals surface area contributed by atoms with Crippen LogP contribution in [0.15, 0.2) is 29.4 Å². The third-order valence-corrected chi connectivity index (χ3v) is 7.24. The molecule has 0 aliphatic carbocycles. The Morgan fingerprint density at radius 3 is 2.53 bits per heavy atom. The number of hydrogen-bond acceptors (Lipinski definition) is 4. The fourth-order valence-electron chi connectivity index (χ4n) is 3.91. The van der Waals surface area contributed by atoms with E-state index in [1.54, 1.807) is 0 Å². The van der Waals surface area contributed by atoms with Crippen LogP contribution in [-0.4, -0.2) is 41.0 Å². The molecule has 34 heavy (non-hydrogen) atoms. The molecule has 3 rings (SSSR count). The van der Waals surface area contributed by atoms with Gasteiger partial charge in [-0.1, -0.05) is 13.8 Å². The van der Waals surface area contributed by atoms with Gasteiger partial charge >= 0.3 is 6.18 Å². The van der Waals surface area contributed by atoms with E-state index in [1.807, 2.05) is 38.0 Å². The number of amides is 1. The number of ether oxygens (including phenoxy) is 1. The zero-order valence-corrected chi connectivity index (χ0v) is 21.5. The van der Waals surface area contributed by atoms with Crippen LogP contribution in [0.5, 0.6) is 5.75 Å². The smallest absolute Gasteiger partial charge is 0.416 e. The molecule has 1 aliphatic heterocycles. The highest BCUT2D eigenvalue weighted by molar-refractivity contribution is 7.04. The van der Waals surface area contributed by atoms with Gasteiger partial charge in [-0.15, -0.1) is 0 Å². The average molecular weight is 498 g/mol.